The van der Waals surface area contributed by atoms with Gasteiger partial charge >= 0.3 is 0 Å². The molecule has 2 atom stereocenters. The number of nitrogens with zero attached hydrogens (tertiary/aromatic N) is 4. The van der Waals surface area contributed by atoms with Crippen molar-refractivity contribution in [2.24, 2.45) is 0 Å². The van der Waals surface area contributed by atoms with E-state index in [0.717, 1.165) is 48.6 Å². The van der Waals surface area contributed by atoms with Crippen molar-refractivity contribution in [3.8, 4) is 17.1 Å². The van der Waals surface area contributed by atoms with Gasteiger partial charge in [0.1, 0.15) is 11.0 Å². The van der Waals surface area contributed by atoms with E-state index in [9.17, 15) is 4.79 Å². The third-order valence-electron chi connectivity index (χ3n) is 6.10. The third-order valence-corrected chi connectivity index (χ3v) is 7.31. The fourth-order valence-electron chi connectivity index (χ4n) is 4.35. The summed E-state index contributed by atoms with van der Waals surface area (Å²) in [6.45, 7) is 1.65. The largest absolute Gasteiger partial charge is 0.497 e. The van der Waals surface area contributed by atoms with Gasteiger partial charge in [0.25, 0.3) is 0 Å². The number of benzene rings is 2. The van der Waals surface area contributed by atoms with Gasteiger partial charge in [-0.1, -0.05) is 67.1 Å². The van der Waals surface area contributed by atoms with E-state index in [-0.39, 0.29) is 17.2 Å². The fraction of sp³-hybridized carbons (Fsp3) is 0.375. The van der Waals surface area contributed by atoms with Crippen LogP contribution in [-0.2, 0) is 4.79 Å². The zero-order chi connectivity index (χ0) is 21.9. The Bertz CT molecular complexity index is 1060. The van der Waals surface area contributed by atoms with Crippen molar-refractivity contribution < 1.29 is 9.53 Å². The van der Waals surface area contributed by atoms with Crippen LogP contribution in [-0.4, -0.2) is 51.1 Å². The summed E-state index contributed by atoms with van der Waals surface area (Å²) >= 11 is 1.50. The molecule has 7 nitrogen and oxygen atoms in total. The number of aromatic nitrogens is 3. The SMILES string of the molecule is COc1ccc([C@@H]2Nn3c(nnc3-c3ccccc3)S[C@H]2C(=O)N2CCCCCC2)cc1. The van der Waals surface area contributed by atoms with E-state index in [1.165, 1.54) is 24.6 Å². The molecule has 8 heteroatoms. The summed E-state index contributed by atoms with van der Waals surface area (Å²) in [6.07, 6.45) is 4.52. The number of ether oxygens (including phenoxy) is 1. The summed E-state index contributed by atoms with van der Waals surface area (Å²) in [5.74, 6) is 1.70. The molecule has 0 bridgehead atoms. The number of likely N-dealkylation sites (tertiary alicyclic amines) is 1. The Labute approximate surface area is 192 Å². The number of nitrogens with one attached hydrogen (secondary N) is 1. The van der Waals surface area contributed by atoms with Crippen molar-refractivity contribution in [3.63, 3.8) is 0 Å². The second-order valence-corrected chi connectivity index (χ2v) is 9.27. The zero-order valence-electron chi connectivity index (χ0n) is 18.1. The zero-order valence-corrected chi connectivity index (χ0v) is 18.9. The van der Waals surface area contributed by atoms with E-state index in [2.05, 4.69) is 15.6 Å². The molecule has 1 N–H and O–H groups in total. The Morgan fingerprint density at radius 2 is 1.72 bits per heavy atom. The summed E-state index contributed by atoms with van der Waals surface area (Å²) in [5.41, 5.74) is 5.58. The Morgan fingerprint density at radius 1 is 1.00 bits per heavy atom. The second kappa shape index (κ2) is 9.24. The highest BCUT2D eigenvalue weighted by atomic mass is 32.2. The lowest BCUT2D eigenvalue weighted by Gasteiger charge is -2.35. The van der Waals surface area contributed by atoms with Crippen LogP contribution in [0.4, 0.5) is 0 Å². The molecular weight excluding hydrogens is 422 g/mol. The van der Waals surface area contributed by atoms with E-state index in [1.54, 1.807) is 7.11 Å². The molecule has 166 valence electrons. The van der Waals surface area contributed by atoms with Gasteiger partial charge in [-0.25, -0.2) is 4.68 Å². The predicted octanol–water partition coefficient (Wildman–Crippen LogP) is 4.12. The van der Waals surface area contributed by atoms with Crippen molar-refractivity contribution in [1.82, 2.24) is 19.8 Å². The van der Waals surface area contributed by atoms with Crippen LogP contribution in [0.3, 0.4) is 0 Å². The van der Waals surface area contributed by atoms with Crippen molar-refractivity contribution in [3.05, 3.63) is 60.2 Å². The second-order valence-electron chi connectivity index (χ2n) is 8.17. The molecule has 0 saturated carbocycles. The van der Waals surface area contributed by atoms with Gasteiger partial charge in [0, 0.05) is 18.7 Å². The molecular formula is C24H27N5O2S. The summed E-state index contributed by atoms with van der Waals surface area (Å²) in [7, 11) is 1.66. The van der Waals surface area contributed by atoms with Gasteiger partial charge < -0.3 is 15.1 Å². The lowest BCUT2D eigenvalue weighted by atomic mass is 10.0. The standard InChI is InChI=1S/C24H27N5O2S/c1-31-19-13-11-17(12-14-19)20-21(23(30)28-15-7-2-3-8-16-28)32-24-26-25-22(29(24)27-20)18-9-5-4-6-10-18/h4-6,9-14,20-21,27H,2-3,7-8,15-16H2,1H3/t20-,21+/m0/s1. The first-order chi connectivity index (χ1) is 15.7. The molecule has 0 radical (unpaired) electrons. The lowest BCUT2D eigenvalue weighted by molar-refractivity contribution is -0.131. The van der Waals surface area contributed by atoms with Crippen LogP contribution in [0.25, 0.3) is 11.4 Å². The minimum absolute atomic E-state index is 0.167. The molecule has 3 heterocycles. The van der Waals surface area contributed by atoms with Gasteiger partial charge in [-0.15, -0.1) is 10.2 Å². The van der Waals surface area contributed by atoms with Crippen LogP contribution in [0, 0.1) is 0 Å². The van der Waals surface area contributed by atoms with Crippen LogP contribution in [0.1, 0.15) is 37.3 Å². The van der Waals surface area contributed by atoms with E-state index in [0.29, 0.717) is 5.16 Å². The van der Waals surface area contributed by atoms with Crippen LogP contribution < -0.4 is 10.2 Å². The molecule has 2 aliphatic rings. The average Bonchev–Trinajstić information content (AvgIpc) is 3.07. The number of hydrogen-bond acceptors (Lipinski definition) is 6. The number of rotatable bonds is 4. The highest BCUT2D eigenvalue weighted by Crippen LogP contribution is 2.40. The minimum atomic E-state index is -0.318. The highest BCUT2D eigenvalue weighted by molar-refractivity contribution is 8.00. The Kier molecular flexibility index (Phi) is 6.03. The van der Waals surface area contributed by atoms with Crippen molar-refractivity contribution in [1.29, 1.82) is 0 Å². The molecule has 1 aromatic heterocycles. The van der Waals surface area contributed by atoms with Gasteiger partial charge in [-0.3, -0.25) is 4.79 Å². The van der Waals surface area contributed by atoms with E-state index in [4.69, 9.17) is 4.74 Å². The third kappa shape index (κ3) is 4.07. The predicted molar refractivity (Wildman–Crippen MR) is 125 cm³/mol. The van der Waals surface area contributed by atoms with Crippen LogP contribution >= 0.6 is 11.8 Å². The highest BCUT2D eigenvalue weighted by Gasteiger charge is 2.40. The van der Waals surface area contributed by atoms with Crippen LogP contribution in [0.5, 0.6) is 5.75 Å². The maximum atomic E-state index is 13.7. The van der Waals surface area contributed by atoms with Crippen molar-refractivity contribution in [2.75, 3.05) is 25.6 Å². The summed E-state index contributed by atoms with van der Waals surface area (Å²) in [5, 5.41) is 9.23. The number of methoxy groups -OCH3 is 1. The maximum absolute atomic E-state index is 13.7. The minimum Gasteiger partial charge on any atom is -0.497 e. The normalized spacial score (nSPS) is 20.7. The molecule has 2 aromatic carbocycles. The fourth-order valence-corrected chi connectivity index (χ4v) is 5.51. The molecule has 5 rings (SSSR count). The molecule has 3 aromatic rings. The van der Waals surface area contributed by atoms with E-state index in [1.807, 2.05) is 64.2 Å². The summed E-state index contributed by atoms with van der Waals surface area (Å²) < 4.78 is 7.25. The first-order valence-corrected chi connectivity index (χ1v) is 12.0. The number of carbonyl (C=O) groups excluding carboxylic acids is 1. The first-order valence-electron chi connectivity index (χ1n) is 11.1. The number of carbonyl (C=O) groups is 1. The average molecular weight is 450 g/mol. The Morgan fingerprint density at radius 3 is 2.41 bits per heavy atom. The van der Waals surface area contributed by atoms with Crippen molar-refractivity contribution in [2.45, 2.75) is 42.1 Å². The van der Waals surface area contributed by atoms with Gasteiger partial charge in [0.2, 0.25) is 11.1 Å². The number of hydrogen-bond donors (Lipinski definition) is 1. The number of fused-ring (bicyclic) bond motifs is 1. The van der Waals surface area contributed by atoms with Gasteiger partial charge in [0.15, 0.2) is 5.82 Å². The van der Waals surface area contributed by atoms with Gasteiger partial charge in [-0.2, -0.15) is 0 Å². The summed E-state index contributed by atoms with van der Waals surface area (Å²) in [6, 6.07) is 17.7. The first kappa shape index (κ1) is 20.9. The maximum Gasteiger partial charge on any atom is 0.238 e. The number of thioether (sulfide) groups is 1. The van der Waals surface area contributed by atoms with Gasteiger partial charge in [-0.05, 0) is 30.5 Å². The van der Waals surface area contributed by atoms with E-state index < -0.39 is 0 Å². The molecule has 32 heavy (non-hydrogen) atoms. The summed E-state index contributed by atoms with van der Waals surface area (Å²) in [4.78, 5) is 15.7. The van der Waals surface area contributed by atoms with Gasteiger partial charge in [0.05, 0.1) is 13.2 Å². The molecule has 1 amide bonds. The number of amides is 1. The van der Waals surface area contributed by atoms with E-state index >= 15 is 0 Å². The molecule has 2 aliphatic heterocycles. The molecule has 0 unspecified atom stereocenters. The topological polar surface area (TPSA) is 72.3 Å². The van der Waals surface area contributed by atoms with Crippen molar-refractivity contribution >= 4 is 17.7 Å². The van der Waals surface area contributed by atoms with Crippen LogP contribution in [0.15, 0.2) is 59.8 Å². The smallest absolute Gasteiger partial charge is 0.238 e. The van der Waals surface area contributed by atoms with Crippen LogP contribution in [0.2, 0.25) is 0 Å². The molecule has 0 spiro atoms. The molecule has 1 fully saturated rings. The monoisotopic (exact) mass is 449 g/mol. The lowest BCUT2D eigenvalue weighted by Crippen LogP contribution is -2.46. The Hall–Kier alpha value is -3.00. The Balaban J connectivity index is 1.51. The molecule has 1 saturated heterocycles. The molecule has 0 aliphatic carbocycles. The quantitative estimate of drug-likeness (QED) is 0.646.